The molecule has 0 aromatic heterocycles. The third-order valence-electron chi connectivity index (χ3n) is 2.79. The van der Waals surface area contributed by atoms with E-state index >= 15 is 0 Å². The Hall–Kier alpha value is -1.46. The predicted molar refractivity (Wildman–Crippen MR) is 82.3 cm³/mol. The van der Waals surface area contributed by atoms with Gasteiger partial charge in [0, 0.05) is 18.2 Å². The van der Waals surface area contributed by atoms with E-state index in [0.29, 0.717) is 30.2 Å². The van der Waals surface area contributed by atoms with Crippen molar-refractivity contribution in [1.82, 2.24) is 10.6 Å². The van der Waals surface area contributed by atoms with Gasteiger partial charge in [0.05, 0.1) is 13.7 Å². The van der Waals surface area contributed by atoms with Crippen molar-refractivity contribution in [3.63, 3.8) is 0 Å². The van der Waals surface area contributed by atoms with Crippen LogP contribution >= 0.6 is 12.4 Å². The Bertz CT molecular complexity index is 427. The molecular formula is C14H23ClN2O3. The van der Waals surface area contributed by atoms with Gasteiger partial charge in [-0.2, -0.15) is 0 Å². The number of halogens is 1. The van der Waals surface area contributed by atoms with Gasteiger partial charge in [-0.1, -0.05) is 0 Å². The van der Waals surface area contributed by atoms with Crippen LogP contribution in [-0.4, -0.2) is 39.3 Å². The van der Waals surface area contributed by atoms with Crippen molar-refractivity contribution >= 4 is 18.3 Å². The standard InChI is InChI=1S/C14H22N2O3.ClH/c1-5-19-12-7-6-11(8-13(12)18-4)14(17)16-9-10(2)15-3;/h6-8,10,15H,5,9H2,1-4H3,(H,16,17);1H. The quantitative estimate of drug-likeness (QED) is 0.807. The summed E-state index contributed by atoms with van der Waals surface area (Å²) in [6, 6.07) is 5.39. The van der Waals surface area contributed by atoms with E-state index in [1.807, 2.05) is 20.9 Å². The summed E-state index contributed by atoms with van der Waals surface area (Å²) in [6.07, 6.45) is 0. The number of likely N-dealkylation sites (N-methyl/N-ethyl adjacent to an activating group) is 1. The lowest BCUT2D eigenvalue weighted by atomic mass is 10.2. The van der Waals surface area contributed by atoms with Crippen LogP contribution in [0.25, 0.3) is 0 Å². The molecule has 1 unspecified atom stereocenters. The highest BCUT2D eigenvalue weighted by molar-refractivity contribution is 5.94. The molecule has 0 radical (unpaired) electrons. The van der Waals surface area contributed by atoms with Crippen molar-refractivity contribution in [3.05, 3.63) is 23.8 Å². The molecule has 0 aliphatic rings. The van der Waals surface area contributed by atoms with Gasteiger partial charge in [-0.15, -0.1) is 12.4 Å². The molecule has 1 rings (SSSR count). The molecule has 2 N–H and O–H groups in total. The zero-order valence-corrected chi connectivity index (χ0v) is 13.2. The van der Waals surface area contributed by atoms with E-state index in [0.717, 1.165) is 0 Å². The molecule has 0 heterocycles. The summed E-state index contributed by atoms with van der Waals surface area (Å²) in [5.74, 6) is 1.09. The zero-order chi connectivity index (χ0) is 14.3. The second kappa shape index (κ2) is 9.44. The molecule has 1 aromatic carbocycles. The molecule has 0 saturated carbocycles. The summed E-state index contributed by atoms with van der Waals surface area (Å²) in [5, 5.41) is 5.92. The number of nitrogens with one attached hydrogen (secondary N) is 2. The number of rotatable bonds is 7. The van der Waals surface area contributed by atoms with Crippen LogP contribution in [0.4, 0.5) is 0 Å². The summed E-state index contributed by atoms with van der Waals surface area (Å²) in [4.78, 5) is 12.0. The highest BCUT2D eigenvalue weighted by Gasteiger charge is 2.11. The molecule has 1 atom stereocenters. The lowest BCUT2D eigenvalue weighted by Gasteiger charge is -2.13. The largest absolute Gasteiger partial charge is 0.493 e. The van der Waals surface area contributed by atoms with E-state index in [1.54, 1.807) is 25.3 Å². The molecule has 0 spiro atoms. The fourth-order valence-electron chi connectivity index (χ4n) is 1.53. The van der Waals surface area contributed by atoms with E-state index in [1.165, 1.54) is 0 Å². The number of benzene rings is 1. The van der Waals surface area contributed by atoms with Gasteiger partial charge in [0.15, 0.2) is 11.5 Å². The van der Waals surface area contributed by atoms with Crippen LogP contribution in [0.15, 0.2) is 18.2 Å². The molecule has 1 aromatic rings. The van der Waals surface area contributed by atoms with Crippen molar-refractivity contribution in [2.24, 2.45) is 0 Å². The average molecular weight is 303 g/mol. The minimum absolute atomic E-state index is 0. The number of carbonyl (C=O) groups is 1. The topological polar surface area (TPSA) is 59.6 Å². The summed E-state index contributed by atoms with van der Waals surface area (Å²) < 4.78 is 10.6. The maximum absolute atomic E-state index is 12.0. The Labute approximate surface area is 126 Å². The lowest BCUT2D eigenvalue weighted by molar-refractivity contribution is 0.0950. The minimum Gasteiger partial charge on any atom is -0.493 e. The molecule has 0 bridgehead atoms. The smallest absolute Gasteiger partial charge is 0.251 e. The van der Waals surface area contributed by atoms with Gasteiger partial charge in [-0.3, -0.25) is 4.79 Å². The number of carbonyl (C=O) groups excluding carboxylic acids is 1. The van der Waals surface area contributed by atoms with Crippen LogP contribution in [0, 0.1) is 0 Å². The third kappa shape index (κ3) is 5.27. The maximum Gasteiger partial charge on any atom is 0.251 e. The summed E-state index contributed by atoms with van der Waals surface area (Å²) in [7, 11) is 3.42. The van der Waals surface area contributed by atoms with Gasteiger partial charge in [0.2, 0.25) is 0 Å². The molecule has 20 heavy (non-hydrogen) atoms. The van der Waals surface area contributed by atoms with Crippen LogP contribution < -0.4 is 20.1 Å². The molecule has 0 fully saturated rings. The Kier molecular flexibility index (Phi) is 8.76. The van der Waals surface area contributed by atoms with Gasteiger partial charge in [-0.25, -0.2) is 0 Å². The molecule has 0 aliphatic heterocycles. The number of hydrogen-bond acceptors (Lipinski definition) is 4. The second-order valence-corrected chi connectivity index (χ2v) is 4.20. The Balaban J connectivity index is 0.00000361. The summed E-state index contributed by atoms with van der Waals surface area (Å²) in [5.41, 5.74) is 0.559. The van der Waals surface area contributed by atoms with Gasteiger partial charge >= 0.3 is 0 Å². The molecular weight excluding hydrogens is 280 g/mol. The third-order valence-corrected chi connectivity index (χ3v) is 2.79. The molecule has 1 amide bonds. The first-order chi connectivity index (χ1) is 9.12. The minimum atomic E-state index is -0.122. The number of methoxy groups -OCH3 is 1. The Morgan fingerprint density at radius 1 is 1.35 bits per heavy atom. The van der Waals surface area contributed by atoms with Crippen LogP contribution in [0.5, 0.6) is 11.5 Å². The molecule has 0 saturated heterocycles. The molecule has 6 heteroatoms. The molecule has 114 valence electrons. The fraction of sp³-hybridized carbons (Fsp3) is 0.500. The van der Waals surface area contributed by atoms with Crippen LogP contribution in [-0.2, 0) is 0 Å². The van der Waals surface area contributed by atoms with Crippen molar-refractivity contribution in [1.29, 1.82) is 0 Å². The number of hydrogen-bond donors (Lipinski definition) is 2. The highest BCUT2D eigenvalue weighted by atomic mass is 35.5. The lowest BCUT2D eigenvalue weighted by Crippen LogP contribution is -2.37. The van der Waals surface area contributed by atoms with E-state index in [9.17, 15) is 4.79 Å². The van der Waals surface area contributed by atoms with Gasteiger partial charge in [0.25, 0.3) is 5.91 Å². The first-order valence-electron chi connectivity index (χ1n) is 6.38. The Morgan fingerprint density at radius 2 is 2.05 bits per heavy atom. The van der Waals surface area contributed by atoms with Crippen molar-refractivity contribution in [3.8, 4) is 11.5 Å². The summed E-state index contributed by atoms with van der Waals surface area (Å²) in [6.45, 7) is 5.03. The van der Waals surface area contributed by atoms with Crippen LogP contribution in [0.2, 0.25) is 0 Å². The second-order valence-electron chi connectivity index (χ2n) is 4.20. The van der Waals surface area contributed by atoms with Gasteiger partial charge < -0.3 is 20.1 Å². The van der Waals surface area contributed by atoms with Crippen molar-refractivity contribution < 1.29 is 14.3 Å². The van der Waals surface area contributed by atoms with Crippen LogP contribution in [0.1, 0.15) is 24.2 Å². The number of ether oxygens (including phenoxy) is 2. The number of amides is 1. The van der Waals surface area contributed by atoms with Crippen LogP contribution in [0.3, 0.4) is 0 Å². The van der Waals surface area contributed by atoms with E-state index in [2.05, 4.69) is 10.6 Å². The van der Waals surface area contributed by atoms with E-state index in [4.69, 9.17) is 9.47 Å². The molecule has 0 aliphatic carbocycles. The zero-order valence-electron chi connectivity index (χ0n) is 12.4. The van der Waals surface area contributed by atoms with Gasteiger partial charge in [0.1, 0.15) is 0 Å². The monoisotopic (exact) mass is 302 g/mol. The average Bonchev–Trinajstić information content (AvgIpc) is 2.44. The fourth-order valence-corrected chi connectivity index (χ4v) is 1.53. The first-order valence-corrected chi connectivity index (χ1v) is 6.38. The van der Waals surface area contributed by atoms with Crippen molar-refractivity contribution in [2.75, 3.05) is 27.3 Å². The van der Waals surface area contributed by atoms with E-state index < -0.39 is 0 Å². The summed E-state index contributed by atoms with van der Waals surface area (Å²) >= 11 is 0. The normalized spacial score (nSPS) is 11.2. The van der Waals surface area contributed by atoms with E-state index in [-0.39, 0.29) is 24.4 Å². The highest BCUT2D eigenvalue weighted by Crippen LogP contribution is 2.27. The maximum atomic E-state index is 12.0. The predicted octanol–water partition coefficient (Wildman–Crippen LogP) is 1.85. The first kappa shape index (κ1) is 18.5. The molecule has 5 nitrogen and oxygen atoms in total. The van der Waals surface area contributed by atoms with Crippen molar-refractivity contribution in [2.45, 2.75) is 19.9 Å². The van der Waals surface area contributed by atoms with Gasteiger partial charge in [-0.05, 0) is 39.1 Å². The SMILES string of the molecule is CCOc1ccc(C(=O)NCC(C)NC)cc1OC.Cl. The Morgan fingerprint density at radius 3 is 2.60 bits per heavy atom.